The van der Waals surface area contributed by atoms with Crippen LogP contribution in [0.4, 0.5) is 0 Å². The van der Waals surface area contributed by atoms with Crippen LogP contribution in [0.1, 0.15) is 6.92 Å². The van der Waals surface area contributed by atoms with Gasteiger partial charge in [-0.2, -0.15) is 0 Å². The van der Waals surface area contributed by atoms with Gasteiger partial charge in [0.2, 0.25) is 0 Å². The molecule has 36 valence electrons. The Morgan fingerprint density at radius 3 is 1.40 bits per heavy atom. The first-order chi connectivity index (χ1) is 1.41. The molecule has 0 aromatic carbocycles. The first-order valence-corrected chi connectivity index (χ1v) is 2.83. The zero-order valence-corrected chi connectivity index (χ0v) is 14.2. The van der Waals surface area contributed by atoms with Gasteiger partial charge in [-0.05, 0) is 0 Å². The summed E-state index contributed by atoms with van der Waals surface area (Å²) in [5.74, 6) is 0. The molecule has 0 aliphatic rings. The Bertz CT molecular complexity index is 7.61. The van der Waals surface area contributed by atoms with Gasteiger partial charge in [-0.15, -0.1) is 0 Å². The second-order valence-electron chi connectivity index (χ2n) is 0.316. The fraction of sp³-hybridized carbons (Fsp3) is 1.00. The summed E-state index contributed by atoms with van der Waals surface area (Å²) < 4.78 is 1.30. The van der Waals surface area contributed by atoms with Gasteiger partial charge in [0.05, 0.1) is 0 Å². The number of hydrogen-bond donors (Lipinski definition) is 0. The fourth-order valence-electron chi connectivity index (χ4n) is 0. The maximum absolute atomic E-state index is 2.15. The maximum atomic E-state index is 2.15. The second kappa shape index (κ2) is 16.1. The van der Waals surface area contributed by atoms with E-state index >= 15 is 0 Å². The van der Waals surface area contributed by atoms with E-state index < -0.39 is 0 Å². The van der Waals surface area contributed by atoms with Crippen LogP contribution in [-0.4, -0.2) is 71.2 Å². The average Bonchev–Trinajstić information content (AvgIpc) is 0.918. The molecular formula is C2H12Sb2Te. The molecule has 0 nitrogen and oxygen atoms in total. The number of rotatable bonds is 0. The van der Waals surface area contributed by atoms with E-state index in [1.54, 1.807) is 0 Å². The van der Waals surface area contributed by atoms with Crippen LogP contribution >= 0.6 is 0 Å². The molecule has 0 spiro atoms. The molecule has 3 heteroatoms. The van der Waals surface area contributed by atoms with Crippen LogP contribution in [0, 0.1) is 0 Å². The first kappa shape index (κ1) is 15.7. The molecule has 0 aliphatic heterocycles. The van der Waals surface area contributed by atoms with Gasteiger partial charge in [-0.1, -0.05) is 0 Å². The van der Waals surface area contributed by atoms with Gasteiger partial charge in [0.25, 0.3) is 0 Å². The summed E-state index contributed by atoms with van der Waals surface area (Å²) >= 11 is 1.85. The summed E-state index contributed by atoms with van der Waals surface area (Å²) in [4.78, 5) is 0. The Hall–Kier alpha value is 2.43. The predicted octanol–water partition coefficient (Wildman–Crippen LogP) is -2.04. The van der Waals surface area contributed by atoms with Crippen LogP contribution in [0.2, 0.25) is 4.47 Å². The molecule has 0 aromatic rings. The van der Waals surface area contributed by atoms with E-state index in [0.717, 1.165) is 0 Å². The van der Waals surface area contributed by atoms with Crippen LogP contribution in [-0.2, 0) is 0 Å². The molecule has 0 unspecified atom stereocenters. The van der Waals surface area contributed by atoms with Crippen molar-refractivity contribution in [3.05, 3.63) is 0 Å². The molecule has 0 aliphatic carbocycles. The van der Waals surface area contributed by atoms with Gasteiger partial charge in [-0.3, -0.25) is 0 Å². The Morgan fingerprint density at radius 1 is 1.40 bits per heavy atom. The molecule has 0 N–H and O–H groups in total. The van der Waals surface area contributed by atoms with E-state index in [-0.39, 0.29) is 48.9 Å². The third kappa shape index (κ3) is 21.4. The van der Waals surface area contributed by atoms with Crippen molar-refractivity contribution in [2.24, 2.45) is 0 Å². The Morgan fingerprint density at radius 2 is 1.40 bits per heavy atom. The SMILES string of the molecule is CC[TeH].[SbH3].[SbH3]. The fourth-order valence-corrected chi connectivity index (χ4v) is 0. The van der Waals surface area contributed by atoms with Crippen molar-refractivity contribution in [1.29, 1.82) is 0 Å². The molecule has 0 fully saturated rings. The number of hydrogen-bond acceptors (Lipinski definition) is 0. The molecule has 0 aromatic heterocycles. The van der Waals surface area contributed by atoms with Gasteiger partial charge in [0.1, 0.15) is 0 Å². The van der Waals surface area contributed by atoms with Gasteiger partial charge in [0.15, 0.2) is 0 Å². The standard InChI is InChI=1S/C2H6Te.2Sb.6H/c1-2-3;;;;;;;;/h3H,2H2,1H3;;;;;;;;. The van der Waals surface area contributed by atoms with Gasteiger partial charge in [0, 0.05) is 0 Å². The van der Waals surface area contributed by atoms with E-state index in [2.05, 4.69) is 6.92 Å². The molecular weight excluding hydrogens is 395 g/mol. The van der Waals surface area contributed by atoms with Crippen molar-refractivity contribution in [3.63, 3.8) is 0 Å². The van der Waals surface area contributed by atoms with Crippen LogP contribution in [0.15, 0.2) is 0 Å². The molecule has 0 radical (unpaired) electrons. The van der Waals surface area contributed by atoms with Crippen molar-refractivity contribution in [2.45, 2.75) is 11.4 Å². The van der Waals surface area contributed by atoms with Gasteiger partial charge >= 0.3 is 82.5 Å². The summed E-state index contributed by atoms with van der Waals surface area (Å²) in [6.45, 7) is 2.15. The average molecular weight is 407 g/mol. The summed E-state index contributed by atoms with van der Waals surface area (Å²) in [5.41, 5.74) is 0. The van der Waals surface area contributed by atoms with Crippen molar-refractivity contribution in [3.8, 4) is 0 Å². The second-order valence-corrected chi connectivity index (χ2v) is 2.12. The molecule has 0 heterocycles. The zero-order valence-electron chi connectivity index (χ0n) is 3.57. The summed E-state index contributed by atoms with van der Waals surface area (Å²) in [5, 5.41) is 0. The summed E-state index contributed by atoms with van der Waals surface area (Å²) in [6, 6.07) is 0. The van der Waals surface area contributed by atoms with Crippen LogP contribution in [0.25, 0.3) is 0 Å². The minimum absolute atomic E-state index is 0. The molecule has 0 amide bonds. The van der Waals surface area contributed by atoms with E-state index in [4.69, 9.17) is 0 Å². The van der Waals surface area contributed by atoms with Crippen LogP contribution in [0.3, 0.4) is 0 Å². The molecule has 0 rings (SSSR count). The van der Waals surface area contributed by atoms with E-state index in [0.29, 0.717) is 0 Å². The molecule has 0 saturated carbocycles. The zero-order chi connectivity index (χ0) is 2.71. The van der Waals surface area contributed by atoms with Gasteiger partial charge in [-0.25, -0.2) is 0 Å². The Labute approximate surface area is 81.3 Å². The van der Waals surface area contributed by atoms with Crippen molar-refractivity contribution < 1.29 is 0 Å². The third-order valence-corrected chi connectivity index (χ3v) is 0. The monoisotopic (exact) mass is 408 g/mol. The summed E-state index contributed by atoms with van der Waals surface area (Å²) in [6.07, 6.45) is 0. The van der Waals surface area contributed by atoms with E-state index in [1.807, 2.05) is 22.3 Å². The molecule has 0 bridgehead atoms. The van der Waals surface area contributed by atoms with Crippen molar-refractivity contribution in [2.75, 3.05) is 0 Å². The Balaban J connectivity index is -0.0000000200. The van der Waals surface area contributed by atoms with Crippen LogP contribution in [0.5, 0.6) is 0 Å². The molecule has 5 heavy (non-hydrogen) atoms. The third-order valence-electron chi connectivity index (χ3n) is 0. The molecule has 0 atom stereocenters. The van der Waals surface area contributed by atoms with Crippen LogP contribution < -0.4 is 0 Å². The molecule has 0 saturated heterocycles. The first-order valence-electron chi connectivity index (χ1n) is 1.02. The Kier molecular flexibility index (Phi) is 50.5. The van der Waals surface area contributed by atoms with Gasteiger partial charge < -0.3 is 0 Å². The summed E-state index contributed by atoms with van der Waals surface area (Å²) in [7, 11) is 0. The topological polar surface area (TPSA) is 0 Å². The van der Waals surface area contributed by atoms with Crippen molar-refractivity contribution in [1.82, 2.24) is 0 Å². The minimum atomic E-state index is 0. The van der Waals surface area contributed by atoms with E-state index in [9.17, 15) is 0 Å². The quantitative estimate of drug-likeness (QED) is 0.406. The predicted molar refractivity (Wildman–Crippen MR) is 37.5 cm³/mol. The van der Waals surface area contributed by atoms with E-state index in [1.165, 1.54) is 4.47 Å². The normalized spacial score (nSPS) is 3.60. The van der Waals surface area contributed by atoms with Crippen molar-refractivity contribution >= 4 is 71.2 Å².